The highest BCUT2D eigenvalue weighted by Gasteiger charge is 2.48. The van der Waals surface area contributed by atoms with Crippen molar-refractivity contribution in [3.05, 3.63) is 36.5 Å². The van der Waals surface area contributed by atoms with E-state index in [1.54, 1.807) is 0 Å². The van der Waals surface area contributed by atoms with Crippen LogP contribution in [-0.4, -0.2) is 52.0 Å². The maximum Gasteiger partial charge on any atom is 0.330 e. The Labute approximate surface area is 171 Å². The second-order valence-corrected chi connectivity index (χ2v) is 8.73. The maximum atomic E-state index is 13.0. The zero-order chi connectivity index (χ0) is 21.3. The average molecular weight is 399 g/mol. The number of nitrogens with one attached hydrogen (secondary N) is 1. The Balaban J connectivity index is 1.96. The molecule has 1 aliphatic rings. The lowest BCUT2D eigenvalue weighted by Gasteiger charge is -2.34. The third-order valence-corrected chi connectivity index (χ3v) is 5.25. The molecule has 0 aliphatic carbocycles. The molecule has 7 nitrogen and oxygen atoms in total. The van der Waals surface area contributed by atoms with E-state index in [0.29, 0.717) is 0 Å². The summed E-state index contributed by atoms with van der Waals surface area (Å²) in [5.41, 5.74) is 0.516. The molecule has 0 bridgehead atoms. The summed E-state index contributed by atoms with van der Waals surface area (Å²) < 4.78 is 6.94. The highest BCUT2D eigenvalue weighted by molar-refractivity contribution is 5.95. The Morgan fingerprint density at radius 1 is 1.24 bits per heavy atom. The van der Waals surface area contributed by atoms with E-state index in [0.717, 1.165) is 10.9 Å². The van der Waals surface area contributed by atoms with Crippen LogP contribution in [0.15, 0.2) is 36.5 Å². The van der Waals surface area contributed by atoms with Crippen LogP contribution in [0.3, 0.4) is 0 Å². The van der Waals surface area contributed by atoms with Gasteiger partial charge < -0.3 is 19.5 Å². The van der Waals surface area contributed by atoms with Gasteiger partial charge >= 0.3 is 5.97 Å². The predicted octanol–water partition coefficient (Wildman–Crippen LogP) is 2.33. The minimum Gasteiger partial charge on any atom is -0.467 e. The summed E-state index contributed by atoms with van der Waals surface area (Å²) >= 11 is 0. The smallest absolute Gasteiger partial charge is 0.330 e. The number of esters is 1. The van der Waals surface area contributed by atoms with E-state index in [1.807, 2.05) is 68.8 Å². The zero-order valence-electron chi connectivity index (χ0n) is 17.6. The number of carbonyl (C=O) groups excluding carboxylic acids is 3. The molecule has 3 atom stereocenters. The Kier molecular flexibility index (Phi) is 5.68. The summed E-state index contributed by atoms with van der Waals surface area (Å²) in [5, 5.41) is 3.99. The lowest BCUT2D eigenvalue weighted by Crippen LogP contribution is -2.57. The second-order valence-electron chi connectivity index (χ2n) is 8.73. The van der Waals surface area contributed by atoms with Gasteiger partial charge in [-0.1, -0.05) is 25.1 Å². The molecule has 1 aromatic carbocycles. The van der Waals surface area contributed by atoms with Crippen molar-refractivity contribution in [2.75, 3.05) is 7.11 Å². The molecule has 0 radical (unpaired) electrons. The van der Waals surface area contributed by atoms with Gasteiger partial charge in [0.05, 0.1) is 13.7 Å². The first-order chi connectivity index (χ1) is 13.6. The van der Waals surface area contributed by atoms with Crippen molar-refractivity contribution in [2.24, 2.45) is 5.92 Å². The molecule has 2 aromatic rings. The van der Waals surface area contributed by atoms with Gasteiger partial charge in [0, 0.05) is 23.7 Å². The molecule has 1 N–H and O–H groups in total. The van der Waals surface area contributed by atoms with Crippen LogP contribution in [0, 0.1) is 5.92 Å². The Hall–Kier alpha value is -2.83. The van der Waals surface area contributed by atoms with Gasteiger partial charge in [0.15, 0.2) is 0 Å². The van der Waals surface area contributed by atoms with Crippen molar-refractivity contribution in [2.45, 2.75) is 58.3 Å². The monoisotopic (exact) mass is 399 g/mol. The van der Waals surface area contributed by atoms with Gasteiger partial charge in [-0.3, -0.25) is 9.59 Å². The number of para-hydroxylation sites is 1. The molecule has 156 valence electrons. The summed E-state index contributed by atoms with van der Waals surface area (Å²) in [6.07, 6.45) is 2.11. The van der Waals surface area contributed by atoms with E-state index in [-0.39, 0.29) is 30.7 Å². The van der Waals surface area contributed by atoms with E-state index < -0.39 is 23.6 Å². The molecular formula is C22H29N3O4. The van der Waals surface area contributed by atoms with Crippen molar-refractivity contribution >= 4 is 28.7 Å². The molecule has 1 unspecified atom stereocenters. The molecule has 7 heteroatoms. The first-order valence-electron chi connectivity index (χ1n) is 9.87. The van der Waals surface area contributed by atoms with Crippen LogP contribution in [0.25, 0.3) is 10.9 Å². The Bertz CT molecular complexity index is 928. The number of benzene rings is 1. The molecule has 0 spiro atoms. The molecule has 2 amide bonds. The minimum atomic E-state index is -0.885. The first-order valence-corrected chi connectivity index (χ1v) is 9.87. The number of nitrogens with zero attached hydrogens (tertiary/aromatic N) is 2. The number of methoxy groups -OCH3 is 1. The van der Waals surface area contributed by atoms with Crippen LogP contribution in [0.5, 0.6) is 0 Å². The van der Waals surface area contributed by atoms with Crippen molar-refractivity contribution in [1.29, 1.82) is 0 Å². The summed E-state index contributed by atoms with van der Waals surface area (Å²) in [4.78, 5) is 40.0. The fourth-order valence-corrected chi connectivity index (χ4v) is 4.02. The number of rotatable bonds is 5. The molecule has 3 rings (SSSR count). The number of carbonyl (C=O) groups is 3. The van der Waals surface area contributed by atoms with Crippen LogP contribution in [0.1, 0.15) is 34.1 Å². The van der Waals surface area contributed by atoms with E-state index in [2.05, 4.69) is 5.32 Å². The number of ether oxygens (including phenoxy) is 1. The summed E-state index contributed by atoms with van der Waals surface area (Å²) in [5.74, 6) is -1.18. The fourth-order valence-electron chi connectivity index (χ4n) is 4.02. The molecule has 2 heterocycles. The number of fused-ring (bicyclic) bond motifs is 1. The fraction of sp³-hybridized carbons (Fsp3) is 0.500. The predicted molar refractivity (Wildman–Crippen MR) is 110 cm³/mol. The van der Waals surface area contributed by atoms with Crippen LogP contribution < -0.4 is 5.32 Å². The zero-order valence-corrected chi connectivity index (χ0v) is 17.6. The van der Waals surface area contributed by atoms with Crippen molar-refractivity contribution in [3.63, 3.8) is 0 Å². The lowest BCUT2D eigenvalue weighted by molar-refractivity contribution is -0.155. The number of hydrogen-bond donors (Lipinski definition) is 1. The van der Waals surface area contributed by atoms with Gasteiger partial charge in [-0.2, -0.15) is 0 Å². The molecule has 1 aliphatic heterocycles. The van der Waals surface area contributed by atoms with Gasteiger partial charge in [-0.05, 0) is 44.2 Å². The van der Waals surface area contributed by atoms with E-state index >= 15 is 0 Å². The molecule has 1 saturated heterocycles. The Morgan fingerprint density at radius 3 is 2.59 bits per heavy atom. The largest absolute Gasteiger partial charge is 0.467 e. The van der Waals surface area contributed by atoms with Crippen molar-refractivity contribution < 1.29 is 19.1 Å². The van der Waals surface area contributed by atoms with Crippen LogP contribution >= 0.6 is 0 Å². The molecule has 1 fully saturated rings. The quantitative estimate of drug-likeness (QED) is 0.783. The third-order valence-electron chi connectivity index (χ3n) is 5.25. The standard InChI is InChI=1S/C22H29N3O4/c1-14-12-18(26)25(19(14)20(27)23-22(2,3)4)17(21(28)29-5)13-24-11-10-15-8-6-7-9-16(15)24/h6-11,14,17,19H,12-13H2,1-5H3,(H,23,27)/t14?,17-,19+/m0/s1. The normalized spacial score (nSPS) is 20.7. The number of amides is 2. The Morgan fingerprint density at radius 2 is 1.93 bits per heavy atom. The second kappa shape index (κ2) is 7.89. The molecule has 29 heavy (non-hydrogen) atoms. The third kappa shape index (κ3) is 4.28. The number of hydrogen-bond acceptors (Lipinski definition) is 4. The number of likely N-dealkylation sites (tertiary alicyclic amines) is 1. The van der Waals surface area contributed by atoms with Crippen LogP contribution in [0.4, 0.5) is 0 Å². The highest BCUT2D eigenvalue weighted by Crippen LogP contribution is 2.30. The number of aromatic nitrogens is 1. The first kappa shape index (κ1) is 20.9. The molecule has 0 saturated carbocycles. The highest BCUT2D eigenvalue weighted by atomic mass is 16.5. The van der Waals surface area contributed by atoms with E-state index in [4.69, 9.17) is 4.74 Å². The van der Waals surface area contributed by atoms with E-state index in [1.165, 1.54) is 12.0 Å². The van der Waals surface area contributed by atoms with Gasteiger partial charge in [0.2, 0.25) is 11.8 Å². The minimum absolute atomic E-state index is 0.196. The van der Waals surface area contributed by atoms with Gasteiger partial charge in [-0.15, -0.1) is 0 Å². The van der Waals surface area contributed by atoms with Gasteiger partial charge in [0.25, 0.3) is 0 Å². The van der Waals surface area contributed by atoms with Crippen molar-refractivity contribution in [3.8, 4) is 0 Å². The lowest BCUT2D eigenvalue weighted by atomic mass is 9.99. The topological polar surface area (TPSA) is 80.6 Å². The van der Waals surface area contributed by atoms with Gasteiger partial charge in [-0.25, -0.2) is 4.79 Å². The van der Waals surface area contributed by atoms with Crippen LogP contribution in [0.2, 0.25) is 0 Å². The van der Waals surface area contributed by atoms with Crippen LogP contribution in [-0.2, 0) is 25.7 Å². The SMILES string of the molecule is COC(=O)[C@H](Cn1ccc2ccccc21)N1C(=O)CC(C)[C@@H]1C(=O)NC(C)(C)C. The average Bonchev–Trinajstić information content (AvgIpc) is 3.17. The summed E-state index contributed by atoms with van der Waals surface area (Å²) in [6, 6.07) is 8.18. The molecule has 1 aromatic heterocycles. The summed E-state index contributed by atoms with van der Waals surface area (Å²) in [7, 11) is 1.30. The maximum absolute atomic E-state index is 13.0. The van der Waals surface area contributed by atoms with Crippen molar-refractivity contribution in [1.82, 2.24) is 14.8 Å². The molecular weight excluding hydrogens is 370 g/mol. The van der Waals surface area contributed by atoms with Gasteiger partial charge in [0.1, 0.15) is 12.1 Å². The summed E-state index contributed by atoms with van der Waals surface area (Å²) in [6.45, 7) is 7.75. The van der Waals surface area contributed by atoms with E-state index in [9.17, 15) is 14.4 Å².